The lowest BCUT2D eigenvalue weighted by Gasteiger charge is -2.27. The molecule has 140 valence electrons. The first-order valence-corrected chi connectivity index (χ1v) is 8.20. The molecule has 0 unspecified atom stereocenters. The Kier molecular flexibility index (Phi) is 9.51. The van der Waals surface area contributed by atoms with Crippen LogP contribution >= 0.6 is 24.0 Å². The number of amides is 1. The van der Waals surface area contributed by atoms with Gasteiger partial charge >= 0.3 is 5.69 Å². The van der Waals surface area contributed by atoms with Gasteiger partial charge in [-0.05, 0) is 12.1 Å². The van der Waals surface area contributed by atoms with Crippen molar-refractivity contribution < 1.29 is 14.5 Å². The fraction of sp³-hybridized carbons (Fsp3) is 0.533. The highest BCUT2D eigenvalue weighted by Crippen LogP contribution is 2.29. The molecule has 0 aromatic heterocycles. The number of nitro benzene ring substituents is 1. The van der Waals surface area contributed by atoms with Crippen molar-refractivity contribution >= 4 is 35.6 Å². The summed E-state index contributed by atoms with van der Waals surface area (Å²) in [6.07, 6.45) is 0.140. The first-order chi connectivity index (χ1) is 11.6. The smallest absolute Gasteiger partial charge is 0.312 e. The number of halogens is 2. The van der Waals surface area contributed by atoms with Crippen molar-refractivity contribution in [3.63, 3.8) is 0 Å². The largest absolute Gasteiger partial charge is 0.486 e. The van der Waals surface area contributed by atoms with Crippen LogP contribution in [-0.2, 0) is 4.79 Å². The third kappa shape index (κ3) is 7.43. The number of hydrogen-bond acceptors (Lipinski definition) is 6. The maximum atomic E-state index is 11.8. The number of carbonyl (C=O) groups is 1. The van der Waals surface area contributed by atoms with E-state index in [4.69, 9.17) is 16.3 Å². The number of nitrogens with zero attached hydrogens (tertiary/aromatic N) is 2. The molecule has 1 fully saturated rings. The van der Waals surface area contributed by atoms with Gasteiger partial charge in [-0.25, -0.2) is 0 Å². The highest BCUT2D eigenvalue weighted by molar-refractivity contribution is 6.30. The van der Waals surface area contributed by atoms with E-state index in [2.05, 4.69) is 15.5 Å². The summed E-state index contributed by atoms with van der Waals surface area (Å²) in [5, 5.41) is 17.3. The van der Waals surface area contributed by atoms with Gasteiger partial charge in [0.15, 0.2) is 5.75 Å². The van der Waals surface area contributed by atoms with Crippen LogP contribution in [0.1, 0.15) is 6.42 Å². The Morgan fingerprint density at radius 3 is 2.80 bits per heavy atom. The van der Waals surface area contributed by atoms with Crippen LogP contribution in [0.3, 0.4) is 0 Å². The third-order valence-electron chi connectivity index (χ3n) is 3.66. The zero-order chi connectivity index (χ0) is 17.4. The number of nitrogens with one attached hydrogen (secondary N) is 2. The van der Waals surface area contributed by atoms with Crippen LogP contribution in [0.2, 0.25) is 5.02 Å². The van der Waals surface area contributed by atoms with Gasteiger partial charge in [-0.1, -0.05) is 11.6 Å². The zero-order valence-corrected chi connectivity index (χ0v) is 15.3. The van der Waals surface area contributed by atoms with Gasteiger partial charge in [0.25, 0.3) is 0 Å². The lowest BCUT2D eigenvalue weighted by atomic mass is 10.3. The number of rotatable bonds is 8. The van der Waals surface area contributed by atoms with E-state index in [1.54, 1.807) is 0 Å². The third-order valence-corrected chi connectivity index (χ3v) is 3.90. The van der Waals surface area contributed by atoms with Crippen molar-refractivity contribution in [1.29, 1.82) is 0 Å². The minimum Gasteiger partial charge on any atom is -0.486 e. The predicted molar refractivity (Wildman–Crippen MR) is 97.8 cm³/mol. The summed E-state index contributed by atoms with van der Waals surface area (Å²) < 4.78 is 5.34. The van der Waals surface area contributed by atoms with Crippen molar-refractivity contribution in [3.8, 4) is 5.75 Å². The lowest BCUT2D eigenvalue weighted by Crippen LogP contribution is -2.46. The monoisotopic (exact) mass is 392 g/mol. The van der Waals surface area contributed by atoms with Gasteiger partial charge in [-0.15, -0.1) is 12.4 Å². The van der Waals surface area contributed by atoms with Gasteiger partial charge < -0.3 is 15.4 Å². The molecule has 0 radical (unpaired) electrons. The van der Waals surface area contributed by atoms with Crippen LogP contribution < -0.4 is 15.4 Å². The van der Waals surface area contributed by atoms with E-state index in [-0.39, 0.29) is 47.8 Å². The van der Waals surface area contributed by atoms with Crippen LogP contribution in [0.25, 0.3) is 0 Å². The van der Waals surface area contributed by atoms with Gasteiger partial charge in [-0.2, -0.15) is 0 Å². The Morgan fingerprint density at radius 1 is 1.40 bits per heavy atom. The fourth-order valence-electron chi connectivity index (χ4n) is 2.39. The molecule has 2 N–H and O–H groups in total. The first-order valence-electron chi connectivity index (χ1n) is 7.83. The van der Waals surface area contributed by atoms with Crippen molar-refractivity contribution in [3.05, 3.63) is 33.3 Å². The zero-order valence-electron chi connectivity index (χ0n) is 13.7. The molecule has 1 aromatic rings. The molecule has 0 bridgehead atoms. The Balaban J connectivity index is 0.00000312. The van der Waals surface area contributed by atoms with Crippen molar-refractivity contribution in [1.82, 2.24) is 15.5 Å². The minimum absolute atomic E-state index is 0. The average Bonchev–Trinajstić information content (AvgIpc) is 2.57. The number of ether oxygens (including phenoxy) is 1. The summed E-state index contributed by atoms with van der Waals surface area (Å²) in [6.45, 7) is 5.39. The van der Waals surface area contributed by atoms with Gasteiger partial charge in [-0.3, -0.25) is 19.8 Å². The van der Waals surface area contributed by atoms with E-state index in [9.17, 15) is 14.9 Å². The topological polar surface area (TPSA) is 96.7 Å². The molecule has 1 heterocycles. The Labute approximate surface area is 157 Å². The van der Waals surface area contributed by atoms with Crippen molar-refractivity contribution in [2.75, 3.05) is 45.9 Å². The number of nitro groups is 1. The standard InChI is InChI=1S/C15H21ClN4O4.ClH/c16-12-1-2-14(13(11-12)20(22)23)24-10-3-15(21)18-6-9-19-7-4-17-5-8-19;/h1-2,11,17H,3-10H2,(H,18,21);1H. The molecular formula is C15H22Cl2N4O4. The molecule has 0 saturated carbocycles. The SMILES string of the molecule is Cl.O=C(CCOc1ccc(Cl)cc1[N+](=O)[O-])NCCN1CCNCC1. The maximum Gasteiger partial charge on any atom is 0.312 e. The number of hydrogen-bond donors (Lipinski definition) is 2. The molecule has 1 aliphatic rings. The second-order valence-corrected chi connectivity index (χ2v) is 5.85. The molecule has 1 saturated heterocycles. The molecule has 10 heteroatoms. The Hall–Kier alpha value is -1.61. The van der Waals surface area contributed by atoms with E-state index in [0.29, 0.717) is 6.54 Å². The molecule has 8 nitrogen and oxygen atoms in total. The summed E-state index contributed by atoms with van der Waals surface area (Å²) in [5.74, 6) is -0.0280. The maximum absolute atomic E-state index is 11.8. The fourth-order valence-corrected chi connectivity index (χ4v) is 2.55. The second-order valence-electron chi connectivity index (χ2n) is 5.41. The average molecular weight is 393 g/mol. The van der Waals surface area contributed by atoms with E-state index >= 15 is 0 Å². The first kappa shape index (κ1) is 21.4. The molecule has 1 aromatic carbocycles. The minimum atomic E-state index is -0.561. The molecule has 1 amide bonds. The predicted octanol–water partition coefficient (Wildman–Crippen LogP) is 1.46. The van der Waals surface area contributed by atoms with Crippen molar-refractivity contribution in [2.24, 2.45) is 0 Å². The second kappa shape index (κ2) is 11.1. The number of benzene rings is 1. The number of piperazine rings is 1. The van der Waals surface area contributed by atoms with Gasteiger partial charge in [0.05, 0.1) is 18.0 Å². The summed E-state index contributed by atoms with van der Waals surface area (Å²) in [4.78, 5) is 24.4. The highest BCUT2D eigenvalue weighted by Gasteiger charge is 2.16. The van der Waals surface area contributed by atoms with E-state index < -0.39 is 4.92 Å². The molecular weight excluding hydrogens is 371 g/mol. The van der Waals surface area contributed by atoms with Crippen LogP contribution in [0.5, 0.6) is 5.75 Å². The molecule has 0 aliphatic carbocycles. The quantitative estimate of drug-likeness (QED) is 0.513. The summed E-state index contributed by atoms with van der Waals surface area (Å²) in [7, 11) is 0. The lowest BCUT2D eigenvalue weighted by molar-refractivity contribution is -0.385. The Morgan fingerprint density at radius 2 is 2.12 bits per heavy atom. The van der Waals surface area contributed by atoms with Crippen LogP contribution in [-0.4, -0.2) is 61.6 Å². The van der Waals surface area contributed by atoms with Gasteiger partial charge in [0.2, 0.25) is 5.91 Å². The summed E-state index contributed by atoms with van der Waals surface area (Å²) in [6, 6.07) is 4.17. The van der Waals surface area contributed by atoms with E-state index in [0.717, 1.165) is 32.7 Å². The van der Waals surface area contributed by atoms with Crippen molar-refractivity contribution in [2.45, 2.75) is 6.42 Å². The number of carbonyl (C=O) groups excluding carboxylic acids is 1. The normalized spacial score (nSPS) is 14.4. The van der Waals surface area contributed by atoms with E-state index in [1.807, 2.05) is 0 Å². The summed E-state index contributed by atoms with van der Waals surface area (Å²) >= 11 is 5.73. The van der Waals surface area contributed by atoms with Crippen LogP contribution in [0.4, 0.5) is 5.69 Å². The molecule has 0 atom stereocenters. The molecule has 1 aliphatic heterocycles. The highest BCUT2D eigenvalue weighted by atomic mass is 35.5. The molecule has 2 rings (SSSR count). The van der Waals surface area contributed by atoms with Crippen LogP contribution in [0, 0.1) is 10.1 Å². The molecule has 0 spiro atoms. The van der Waals surface area contributed by atoms with Gasteiger partial charge in [0, 0.05) is 50.4 Å². The summed E-state index contributed by atoms with van der Waals surface area (Å²) in [5.41, 5.74) is -0.207. The molecule has 25 heavy (non-hydrogen) atoms. The van der Waals surface area contributed by atoms with Gasteiger partial charge in [0.1, 0.15) is 0 Å². The van der Waals surface area contributed by atoms with Crippen LogP contribution in [0.15, 0.2) is 18.2 Å². The van der Waals surface area contributed by atoms with E-state index in [1.165, 1.54) is 18.2 Å². The Bertz CT molecular complexity index is 583.